The second-order valence-corrected chi connectivity index (χ2v) is 10.1. The van der Waals surface area contributed by atoms with Crippen LogP contribution in [-0.4, -0.2) is 18.5 Å². The Hall–Kier alpha value is -3.91. The summed E-state index contributed by atoms with van der Waals surface area (Å²) in [7, 11) is 0. The Morgan fingerprint density at radius 1 is 1.08 bits per heavy atom. The van der Waals surface area contributed by atoms with E-state index in [4.69, 9.17) is 9.47 Å². The molecule has 8 heteroatoms. The number of fused-ring (bicyclic) bond motifs is 1. The molecular weight excluding hydrogens is 479 g/mol. The topological polar surface area (TPSA) is 76.7 Å². The van der Waals surface area contributed by atoms with E-state index < -0.39 is 17.6 Å². The van der Waals surface area contributed by atoms with Gasteiger partial charge in [-0.15, -0.1) is 11.3 Å². The Morgan fingerprint density at radius 2 is 1.94 bits per heavy atom. The number of rotatable bonds is 4. The molecule has 1 aliphatic carbocycles. The fourth-order valence-electron chi connectivity index (χ4n) is 5.26. The maximum absolute atomic E-state index is 13.8. The van der Waals surface area contributed by atoms with Crippen LogP contribution in [-0.2, 0) is 9.59 Å². The number of amides is 1. The summed E-state index contributed by atoms with van der Waals surface area (Å²) in [6.07, 6.45) is 1.05. The molecule has 2 N–H and O–H groups in total. The maximum atomic E-state index is 13.8. The van der Waals surface area contributed by atoms with Gasteiger partial charge in [0.2, 0.25) is 6.79 Å². The normalized spacial score (nSPS) is 20.8. The minimum absolute atomic E-state index is 0.00775. The molecule has 36 heavy (non-hydrogen) atoms. The Kier molecular flexibility index (Phi) is 5.60. The van der Waals surface area contributed by atoms with E-state index in [1.54, 1.807) is 23.5 Å². The van der Waals surface area contributed by atoms with Crippen molar-refractivity contribution in [3.63, 3.8) is 0 Å². The van der Waals surface area contributed by atoms with E-state index in [0.29, 0.717) is 46.9 Å². The predicted octanol–water partition coefficient (Wildman–Crippen LogP) is 5.62. The highest BCUT2D eigenvalue weighted by atomic mass is 32.1. The SMILES string of the molecule is CC1=C(C(=O)Nc2cccc(F)c2)[C@H](c2ccc3c(c2)OCO3)C2=C(C[C@@H](c3cccs3)CC2=O)N1. The highest BCUT2D eigenvalue weighted by molar-refractivity contribution is 7.10. The van der Waals surface area contributed by atoms with Gasteiger partial charge in [-0.1, -0.05) is 18.2 Å². The molecule has 0 saturated carbocycles. The summed E-state index contributed by atoms with van der Waals surface area (Å²) in [5, 5.41) is 8.21. The number of thiophene rings is 1. The van der Waals surface area contributed by atoms with Crippen LogP contribution in [0.3, 0.4) is 0 Å². The van der Waals surface area contributed by atoms with Gasteiger partial charge in [-0.3, -0.25) is 9.59 Å². The zero-order valence-corrected chi connectivity index (χ0v) is 20.3. The lowest BCUT2D eigenvalue weighted by Gasteiger charge is -2.36. The molecule has 3 aliphatic rings. The van der Waals surface area contributed by atoms with Gasteiger partial charge in [0.25, 0.3) is 5.91 Å². The van der Waals surface area contributed by atoms with Gasteiger partial charge in [-0.2, -0.15) is 0 Å². The van der Waals surface area contributed by atoms with Gasteiger partial charge in [0.05, 0.1) is 0 Å². The van der Waals surface area contributed by atoms with Crippen molar-refractivity contribution in [1.29, 1.82) is 0 Å². The van der Waals surface area contributed by atoms with Crippen molar-refractivity contribution in [1.82, 2.24) is 5.32 Å². The van der Waals surface area contributed by atoms with Crippen molar-refractivity contribution in [3.8, 4) is 11.5 Å². The summed E-state index contributed by atoms with van der Waals surface area (Å²) in [6.45, 7) is 1.96. The summed E-state index contributed by atoms with van der Waals surface area (Å²) in [4.78, 5) is 28.5. The second-order valence-electron chi connectivity index (χ2n) is 9.11. The average Bonchev–Trinajstić information content (AvgIpc) is 3.55. The molecule has 0 bridgehead atoms. The number of halogens is 1. The van der Waals surface area contributed by atoms with Crippen molar-refractivity contribution < 1.29 is 23.5 Å². The summed E-state index contributed by atoms with van der Waals surface area (Å²) in [6, 6.07) is 15.3. The van der Waals surface area contributed by atoms with E-state index in [-0.39, 0.29) is 18.5 Å². The largest absolute Gasteiger partial charge is 0.454 e. The molecule has 3 aromatic rings. The van der Waals surface area contributed by atoms with E-state index in [1.807, 2.05) is 30.5 Å². The van der Waals surface area contributed by atoms with Crippen molar-refractivity contribution in [3.05, 3.63) is 98.8 Å². The standard InChI is InChI=1S/C28H23FN2O4S/c1-15-25(28(33)31-19-5-2-4-18(29)13-19)26(16-7-8-22-23(12-16)35-14-34-22)27-20(30-15)10-17(11-21(27)32)24-6-3-9-36-24/h2-9,12-13,17,26,30H,10-11,14H2,1H3,(H,31,33)/t17-,26+/m1/s1. The summed E-state index contributed by atoms with van der Waals surface area (Å²) in [5.41, 5.74) is 3.62. The predicted molar refractivity (Wildman–Crippen MR) is 134 cm³/mol. The number of ether oxygens (including phenoxy) is 2. The average molecular weight is 503 g/mol. The van der Waals surface area contributed by atoms with Crippen LogP contribution >= 0.6 is 11.3 Å². The molecule has 0 fully saturated rings. The molecule has 6 nitrogen and oxygen atoms in total. The molecule has 0 saturated heterocycles. The van der Waals surface area contributed by atoms with Crippen LogP contribution in [0, 0.1) is 5.82 Å². The maximum Gasteiger partial charge on any atom is 0.254 e. The lowest BCUT2D eigenvalue weighted by atomic mass is 9.72. The first-order chi connectivity index (χ1) is 17.5. The molecule has 1 aromatic heterocycles. The highest BCUT2D eigenvalue weighted by Crippen LogP contribution is 2.47. The van der Waals surface area contributed by atoms with Gasteiger partial charge in [-0.05, 0) is 60.7 Å². The van der Waals surface area contributed by atoms with Crippen molar-refractivity contribution in [2.45, 2.75) is 31.6 Å². The molecule has 182 valence electrons. The molecule has 1 amide bonds. The van der Waals surface area contributed by atoms with Crippen LogP contribution < -0.4 is 20.1 Å². The van der Waals surface area contributed by atoms with E-state index in [1.165, 1.54) is 23.1 Å². The first-order valence-electron chi connectivity index (χ1n) is 11.7. The van der Waals surface area contributed by atoms with Crippen LogP contribution in [0.5, 0.6) is 11.5 Å². The number of hydrogen-bond acceptors (Lipinski definition) is 6. The van der Waals surface area contributed by atoms with Gasteiger partial charge >= 0.3 is 0 Å². The lowest BCUT2D eigenvalue weighted by molar-refractivity contribution is -0.116. The molecule has 0 spiro atoms. The monoisotopic (exact) mass is 502 g/mol. The van der Waals surface area contributed by atoms with E-state index in [2.05, 4.69) is 16.7 Å². The quantitative estimate of drug-likeness (QED) is 0.485. The zero-order valence-electron chi connectivity index (χ0n) is 19.5. The van der Waals surface area contributed by atoms with Crippen LogP contribution in [0.1, 0.15) is 42.0 Å². The molecule has 3 heterocycles. The lowest BCUT2D eigenvalue weighted by Crippen LogP contribution is -2.37. The van der Waals surface area contributed by atoms with Crippen LogP contribution in [0.2, 0.25) is 0 Å². The summed E-state index contributed by atoms with van der Waals surface area (Å²) >= 11 is 1.65. The number of carbonyl (C=O) groups is 2. The smallest absolute Gasteiger partial charge is 0.254 e. The van der Waals surface area contributed by atoms with E-state index in [0.717, 1.165) is 11.3 Å². The summed E-state index contributed by atoms with van der Waals surface area (Å²) < 4.78 is 24.8. The molecule has 0 unspecified atom stereocenters. The van der Waals surface area contributed by atoms with Crippen molar-refractivity contribution in [2.24, 2.45) is 0 Å². The van der Waals surface area contributed by atoms with Crippen molar-refractivity contribution >= 4 is 28.7 Å². The third kappa shape index (κ3) is 3.97. The van der Waals surface area contributed by atoms with E-state index in [9.17, 15) is 14.0 Å². The molecular formula is C28H23FN2O4S. The van der Waals surface area contributed by atoms with Crippen LogP contribution in [0.4, 0.5) is 10.1 Å². The number of benzene rings is 2. The van der Waals surface area contributed by atoms with Crippen LogP contribution in [0.15, 0.2) is 82.5 Å². The number of dihydropyridines is 1. The minimum atomic E-state index is -0.596. The van der Waals surface area contributed by atoms with Gasteiger partial charge in [0.15, 0.2) is 17.3 Å². The Morgan fingerprint density at radius 3 is 2.75 bits per heavy atom. The Balaban J connectivity index is 1.43. The first kappa shape index (κ1) is 22.5. The number of ketones is 1. The molecule has 2 aromatic carbocycles. The third-order valence-electron chi connectivity index (χ3n) is 6.83. The zero-order chi connectivity index (χ0) is 24.8. The highest BCUT2D eigenvalue weighted by Gasteiger charge is 2.41. The van der Waals surface area contributed by atoms with Gasteiger partial charge < -0.3 is 20.1 Å². The first-order valence-corrected chi connectivity index (χ1v) is 12.6. The van der Waals surface area contributed by atoms with Gasteiger partial charge in [-0.25, -0.2) is 4.39 Å². The fourth-order valence-corrected chi connectivity index (χ4v) is 6.09. The fraction of sp³-hybridized carbons (Fsp3) is 0.214. The minimum Gasteiger partial charge on any atom is -0.454 e. The number of Topliss-reactive ketones (excluding diaryl/α,β-unsaturated/α-hetero) is 1. The number of hydrogen-bond donors (Lipinski definition) is 2. The van der Waals surface area contributed by atoms with E-state index >= 15 is 0 Å². The molecule has 6 rings (SSSR count). The Bertz CT molecular complexity index is 1440. The number of carbonyl (C=O) groups excluding carboxylic acids is 2. The van der Waals surface area contributed by atoms with Gasteiger partial charge in [0.1, 0.15) is 5.82 Å². The molecule has 2 aliphatic heterocycles. The number of anilines is 1. The molecule has 0 radical (unpaired) electrons. The number of allylic oxidation sites excluding steroid dienone is 3. The number of nitrogens with one attached hydrogen (secondary N) is 2. The van der Waals surface area contributed by atoms with Crippen molar-refractivity contribution in [2.75, 3.05) is 12.1 Å². The van der Waals surface area contributed by atoms with Crippen LogP contribution in [0.25, 0.3) is 0 Å². The van der Waals surface area contributed by atoms with Gasteiger partial charge in [0, 0.05) is 51.4 Å². The second kappa shape index (κ2) is 8.95. The molecule has 2 atom stereocenters. The Labute approximate surface area is 211 Å². The third-order valence-corrected chi connectivity index (χ3v) is 7.87. The summed E-state index contributed by atoms with van der Waals surface area (Å²) in [5.74, 6) is -0.129.